The summed E-state index contributed by atoms with van der Waals surface area (Å²) < 4.78 is 10.8. The van der Waals surface area contributed by atoms with E-state index in [0.717, 1.165) is 16.6 Å². The van der Waals surface area contributed by atoms with Gasteiger partial charge in [0.05, 0.1) is 24.7 Å². The first-order chi connectivity index (χ1) is 14.0. The zero-order valence-electron chi connectivity index (χ0n) is 16.0. The summed E-state index contributed by atoms with van der Waals surface area (Å²) in [7, 11) is 1.60. The highest BCUT2D eigenvalue weighted by Gasteiger charge is 2.23. The monoisotopic (exact) mass is 395 g/mol. The number of hydrogen-bond donors (Lipinski definition) is 0. The van der Waals surface area contributed by atoms with Crippen molar-refractivity contribution in [2.24, 2.45) is 0 Å². The Hall–Kier alpha value is -3.55. The number of hydrogen-bond acceptors (Lipinski definition) is 6. The van der Waals surface area contributed by atoms with Crippen LogP contribution in [0, 0.1) is 10.1 Å². The molecule has 1 aliphatic heterocycles. The van der Waals surface area contributed by atoms with E-state index in [0.29, 0.717) is 37.5 Å². The molecular formula is C21H21N3O5. The smallest absolute Gasteiger partial charge is 0.269 e. The number of nitro groups is 1. The minimum atomic E-state index is -0.407. The van der Waals surface area contributed by atoms with Gasteiger partial charge in [-0.1, -0.05) is 0 Å². The number of benzene rings is 2. The molecule has 2 heterocycles. The summed E-state index contributed by atoms with van der Waals surface area (Å²) in [6.45, 7) is 2.60. The number of piperazine rings is 1. The van der Waals surface area contributed by atoms with Gasteiger partial charge in [-0.05, 0) is 24.3 Å². The van der Waals surface area contributed by atoms with Crippen LogP contribution in [-0.2, 0) is 11.2 Å². The van der Waals surface area contributed by atoms with E-state index in [1.165, 1.54) is 12.1 Å². The first-order valence-electron chi connectivity index (χ1n) is 9.36. The van der Waals surface area contributed by atoms with Gasteiger partial charge in [-0.3, -0.25) is 14.9 Å². The van der Waals surface area contributed by atoms with Gasteiger partial charge in [0.2, 0.25) is 5.91 Å². The standard InChI is InChI=1S/C21H21N3O5/c1-28-18-6-7-19-15(14-29-20(19)13-18)12-21(25)23-10-8-22(9-11-23)16-2-4-17(5-3-16)24(26)27/h2-7,13-14H,8-12H2,1H3. The van der Waals surface area contributed by atoms with E-state index in [4.69, 9.17) is 9.15 Å². The number of carbonyl (C=O) groups is 1. The zero-order valence-corrected chi connectivity index (χ0v) is 16.0. The fourth-order valence-corrected chi connectivity index (χ4v) is 3.60. The predicted molar refractivity (Wildman–Crippen MR) is 108 cm³/mol. The molecule has 0 radical (unpaired) electrons. The van der Waals surface area contributed by atoms with E-state index >= 15 is 0 Å². The third kappa shape index (κ3) is 3.87. The van der Waals surface area contributed by atoms with Gasteiger partial charge in [0.15, 0.2) is 0 Å². The van der Waals surface area contributed by atoms with Crippen LogP contribution in [0.1, 0.15) is 5.56 Å². The molecule has 4 rings (SSSR count). The van der Waals surface area contributed by atoms with Crippen LogP contribution < -0.4 is 9.64 Å². The van der Waals surface area contributed by atoms with E-state index in [1.54, 1.807) is 25.5 Å². The topological polar surface area (TPSA) is 89.1 Å². The summed E-state index contributed by atoms with van der Waals surface area (Å²) in [5.74, 6) is 0.777. The Labute approximate surface area is 167 Å². The largest absolute Gasteiger partial charge is 0.497 e. The van der Waals surface area contributed by atoms with Crippen molar-refractivity contribution >= 4 is 28.3 Å². The van der Waals surface area contributed by atoms with Gasteiger partial charge >= 0.3 is 0 Å². The number of carbonyl (C=O) groups excluding carboxylic acids is 1. The Bertz CT molecular complexity index is 1040. The number of nitrogens with zero attached hydrogens (tertiary/aromatic N) is 3. The van der Waals surface area contributed by atoms with Crippen molar-refractivity contribution < 1.29 is 18.9 Å². The first-order valence-corrected chi connectivity index (χ1v) is 9.36. The molecule has 8 nitrogen and oxygen atoms in total. The highest BCUT2D eigenvalue weighted by molar-refractivity contribution is 5.88. The van der Waals surface area contributed by atoms with E-state index < -0.39 is 4.92 Å². The molecule has 0 saturated carbocycles. The molecule has 0 atom stereocenters. The molecule has 0 N–H and O–H groups in total. The third-order valence-corrected chi connectivity index (χ3v) is 5.26. The number of methoxy groups -OCH3 is 1. The highest BCUT2D eigenvalue weighted by Crippen LogP contribution is 2.26. The molecule has 0 bridgehead atoms. The Kier molecular flexibility index (Phi) is 5.07. The van der Waals surface area contributed by atoms with E-state index in [1.807, 2.05) is 23.1 Å². The van der Waals surface area contributed by atoms with Crippen molar-refractivity contribution in [3.05, 3.63) is 64.4 Å². The van der Waals surface area contributed by atoms with Crippen LogP contribution in [-0.4, -0.2) is 49.0 Å². The molecule has 1 aromatic heterocycles. The average Bonchev–Trinajstić information content (AvgIpc) is 3.15. The lowest BCUT2D eigenvalue weighted by Crippen LogP contribution is -2.49. The number of rotatable bonds is 5. The van der Waals surface area contributed by atoms with Crippen molar-refractivity contribution in [1.29, 1.82) is 0 Å². The number of nitro benzene ring substituents is 1. The van der Waals surface area contributed by atoms with E-state index in [9.17, 15) is 14.9 Å². The summed E-state index contributed by atoms with van der Waals surface area (Å²) >= 11 is 0. The maximum atomic E-state index is 12.8. The van der Waals surface area contributed by atoms with Gasteiger partial charge in [-0.25, -0.2) is 0 Å². The molecule has 0 aliphatic carbocycles. The Morgan fingerprint density at radius 1 is 1.14 bits per heavy atom. The molecule has 3 aromatic rings. The number of anilines is 1. The fraction of sp³-hybridized carbons (Fsp3) is 0.286. The van der Waals surface area contributed by atoms with Gasteiger partial charge in [0, 0.05) is 61.0 Å². The Balaban J connectivity index is 1.37. The SMILES string of the molecule is COc1ccc2c(CC(=O)N3CCN(c4ccc([N+](=O)[O-])cc4)CC3)coc2c1. The minimum Gasteiger partial charge on any atom is -0.497 e. The number of ether oxygens (including phenoxy) is 1. The predicted octanol–water partition coefficient (Wildman–Crippen LogP) is 3.24. The second kappa shape index (κ2) is 7.83. The average molecular weight is 395 g/mol. The van der Waals surface area contributed by atoms with E-state index in [-0.39, 0.29) is 18.0 Å². The van der Waals surface area contributed by atoms with Crippen LogP contribution in [0.2, 0.25) is 0 Å². The summed E-state index contributed by atoms with van der Waals surface area (Å²) in [6.07, 6.45) is 1.92. The second-order valence-electron chi connectivity index (χ2n) is 6.94. The molecular weight excluding hydrogens is 374 g/mol. The van der Waals surface area contributed by atoms with Crippen molar-refractivity contribution in [2.75, 3.05) is 38.2 Å². The van der Waals surface area contributed by atoms with Crippen LogP contribution in [0.5, 0.6) is 5.75 Å². The van der Waals surface area contributed by atoms with Gasteiger partial charge in [-0.2, -0.15) is 0 Å². The fourth-order valence-electron chi connectivity index (χ4n) is 3.60. The number of non-ortho nitro benzene ring substituents is 1. The summed E-state index contributed by atoms with van der Waals surface area (Å²) in [5, 5.41) is 11.7. The van der Waals surface area contributed by atoms with Crippen LogP contribution in [0.4, 0.5) is 11.4 Å². The second-order valence-corrected chi connectivity index (χ2v) is 6.94. The zero-order chi connectivity index (χ0) is 20.4. The Morgan fingerprint density at radius 2 is 1.86 bits per heavy atom. The third-order valence-electron chi connectivity index (χ3n) is 5.26. The number of fused-ring (bicyclic) bond motifs is 1. The van der Waals surface area contributed by atoms with Crippen LogP contribution >= 0.6 is 0 Å². The van der Waals surface area contributed by atoms with E-state index in [2.05, 4.69) is 4.90 Å². The molecule has 150 valence electrons. The maximum absolute atomic E-state index is 12.8. The molecule has 29 heavy (non-hydrogen) atoms. The lowest BCUT2D eigenvalue weighted by molar-refractivity contribution is -0.384. The van der Waals surface area contributed by atoms with Crippen molar-refractivity contribution in [2.45, 2.75) is 6.42 Å². The lowest BCUT2D eigenvalue weighted by atomic mass is 10.1. The van der Waals surface area contributed by atoms with Gasteiger partial charge in [0.25, 0.3) is 5.69 Å². The lowest BCUT2D eigenvalue weighted by Gasteiger charge is -2.36. The molecule has 1 amide bonds. The maximum Gasteiger partial charge on any atom is 0.269 e. The highest BCUT2D eigenvalue weighted by atomic mass is 16.6. The summed E-state index contributed by atoms with van der Waals surface area (Å²) in [6, 6.07) is 12.1. The Morgan fingerprint density at radius 3 is 2.52 bits per heavy atom. The van der Waals surface area contributed by atoms with Crippen molar-refractivity contribution in [3.8, 4) is 5.75 Å². The molecule has 1 aliphatic rings. The molecule has 0 spiro atoms. The van der Waals surface area contributed by atoms with Crippen LogP contribution in [0.15, 0.2) is 53.1 Å². The van der Waals surface area contributed by atoms with Gasteiger partial charge < -0.3 is 19.0 Å². The van der Waals surface area contributed by atoms with Crippen LogP contribution in [0.3, 0.4) is 0 Å². The summed E-state index contributed by atoms with van der Waals surface area (Å²) in [4.78, 5) is 27.1. The quantitative estimate of drug-likeness (QED) is 0.487. The van der Waals surface area contributed by atoms with Crippen molar-refractivity contribution in [3.63, 3.8) is 0 Å². The normalized spacial score (nSPS) is 14.2. The first kappa shape index (κ1) is 18.8. The van der Waals surface area contributed by atoms with Crippen molar-refractivity contribution in [1.82, 2.24) is 4.90 Å². The molecule has 1 saturated heterocycles. The van der Waals surface area contributed by atoms with Gasteiger partial charge in [0.1, 0.15) is 11.3 Å². The molecule has 1 fully saturated rings. The molecule has 8 heteroatoms. The molecule has 0 unspecified atom stereocenters. The van der Waals surface area contributed by atoms with Gasteiger partial charge in [-0.15, -0.1) is 0 Å². The number of amides is 1. The number of furan rings is 1. The minimum absolute atomic E-state index is 0.0619. The molecule has 2 aromatic carbocycles. The van der Waals surface area contributed by atoms with Crippen LogP contribution in [0.25, 0.3) is 11.0 Å². The summed E-state index contributed by atoms with van der Waals surface area (Å²) in [5.41, 5.74) is 2.57.